The SMILES string of the molecule is CNCC1CCN(C(=O)CSC(c2ccccc2)c2ccc(Cl)cc2)C1. The number of thioether (sulfide) groups is 1. The molecule has 0 bridgehead atoms. The van der Waals surface area contributed by atoms with Crippen molar-refractivity contribution < 1.29 is 4.79 Å². The van der Waals surface area contributed by atoms with Crippen LogP contribution >= 0.6 is 23.4 Å². The highest BCUT2D eigenvalue weighted by atomic mass is 35.5. The molecule has 26 heavy (non-hydrogen) atoms. The average molecular weight is 389 g/mol. The number of hydrogen-bond acceptors (Lipinski definition) is 3. The molecule has 1 fully saturated rings. The molecule has 0 radical (unpaired) electrons. The lowest BCUT2D eigenvalue weighted by atomic mass is 10.0. The number of nitrogens with one attached hydrogen (secondary N) is 1. The molecular weight excluding hydrogens is 364 g/mol. The molecular formula is C21H25ClN2OS. The number of halogens is 1. The Hall–Kier alpha value is -1.49. The third kappa shape index (κ3) is 5.03. The van der Waals surface area contributed by atoms with Gasteiger partial charge in [0.25, 0.3) is 0 Å². The van der Waals surface area contributed by atoms with Crippen molar-refractivity contribution in [2.45, 2.75) is 11.7 Å². The molecule has 5 heteroatoms. The number of hydrogen-bond donors (Lipinski definition) is 1. The van der Waals surface area contributed by atoms with Gasteiger partial charge in [0.05, 0.1) is 11.0 Å². The summed E-state index contributed by atoms with van der Waals surface area (Å²) in [5.41, 5.74) is 2.38. The highest BCUT2D eigenvalue weighted by molar-refractivity contribution is 8.00. The van der Waals surface area contributed by atoms with E-state index < -0.39 is 0 Å². The van der Waals surface area contributed by atoms with Gasteiger partial charge in [-0.2, -0.15) is 0 Å². The highest BCUT2D eigenvalue weighted by Gasteiger charge is 2.26. The lowest BCUT2D eigenvalue weighted by molar-refractivity contribution is -0.127. The Morgan fingerprint density at radius 3 is 2.58 bits per heavy atom. The fraction of sp³-hybridized carbons (Fsp3) is 0.381. The minimum atomic E-state index is 0.133. The van der Waals surface area contributed by atoms with Crippen LogP contribution in [0.3, 0.4) is 0 Å². The Morgan fingerprint density at radius 2 is 1.88 bits per heavy atom. The maximum atomic E-state index is 12.7. The molecule has 3 nitrogen and oxygen atoms in total. The van der Waals surface area contributed by atoms with Gasteiger partial charge in [0.15, 0.2) is 0 Å². The summed E-state index contributed by atoms with van der Waals surface area (Å²) in [5.74, 6) is 1.31. The molecule has 2 aromatic rings. The van der Waals surface area contributed by atoms with Crippen LogP contribution in [0.4, 0.5) is 0 Å². The molecule has 0 aliphatic carbocycles. The van der Waals surface area contributed by atoms with Crippen molar-refractivity contribution in [3.8, 4) is 0 Å². The van der Waals surface area contributed by atoms with Gasteiger partial charge < -0.3 is 10.2 Å². The second kappa shape index (κ2) is 9.45. The van der Waals surface area contributed by atoms with Crippen molar-refractivity contribution in [2.24, 2.45) is 5.92 Å². The number of carbonyl (C=O) groups excluding carboxylic acids is 1. The summed E-state index contributed by atoms with van der Waals surface area (Å²) in [6.07, 6.45) is 1.09. The zero-order valence-corrected chi connectivity index (χ0v) is 16.6. The van der Waals surface area contributed by atoms with Crippen molar-refractivity contribution in [1.82, 2.24) is 10.2 Å². The second-order valence-electron chi connectivity index (χ2n) is 6.71. The summed E-state index contributed by atoms with van der Waals surface area (Å²) < 4.78 is 0. The van der Waals surface area contributed by atoms with E-state index in [0.717, 1.165) is 31.1 Å². The Bertz CT molecular complexity index is 708. The first kappa shape index (κ1) is 19.3. The quantitative estimate of drug-likeness (QED) is 0.770. The molecule has 1 amide bonds. The molecule has 1 heterocycles. The van der Waals surface area contributed by atoms with Gasteiger partial charge in [-0.1, -0.05) is 54.1 Å². The molecule has 2 atom stereocenters. The van der Waals surface area contributed by atoms with E-state index in [1.165, 1.54) is 11.1 Å². The van der Waals surface area contributed by atoms with E-state index in [4.69, 9.17) is 11.6 Å². The van der Waals surface area contributed by atoms with Crippen LogP contribution in [-0.4, -0.2) is 43.2 Å². The molecule has 0 aromatic heterocycles. The fourth-order valence-corrected chi connectivity index (χ4v) is 4.73. The van der Waals surface area contributed by atoms with Crippen LogP contribution in [0.25, 0.3) is 0 Å². The van der Waals surface area contributed by atoms with Crippen molar-refractivity contribution >= 4 is 29.3 Å². The summed E-state index contributed by atoms with van der Waals surface area (Å²) in [6.45, 7) is 2.73. The number of rotatable bonds is 7. The van der Waals surface area contributed by atoms with E-state index in [-0.39, 0.29) is 11.2 Å². The zero-order valence-electron chi connectivity index (χ0n) is 15.0. The minimum absolute atomic E-state index is 0.133. The van der Waals surface area contributed by atoms with Crippen LogP contribution < -0.4 is 5.32 Å². The van der Waals surface area contributed by atoms with Crippen LogP contribution in [0.1, 0.15) is 22.8 Å². The number of benzene rings is 2. The molecule has 1 aliphatic rings. The Morgan fingerprint density at radius 1 is 1.19 bits per heavy atom. The van der Waals surface area contributed by atoms with Crippen molar-refractivity contribution in [3.05, 3.63) is 70.7 Å². The fourth-order valence-electron chi connectivity index (χ4n) is 3.41. The van der Waals surface area contributed by atoms with Gasteiger partial charge in [0.2, 0.25) is 5.91 Å². The molecule has 0 spiro atoms. The molecule has 3 rings (SSSR count). The number of nitrogens with zero attached hydrogens (tertiary/aromatic N) is 1. The topological polar surface area (TPSA) is 32.3 Å². The normalized spacial score (nSPS) is 18.1. The summed E-state index contributed by atoms with van der Waals surface area (Å²) in [4.78, 5) is 14.7. The Kier molecular flexibility index (Phi) is 7.00. The van der Waals surface area contributed by atoms with Gasteiger partial charge in [-0.05, 0) is 49.2 Å². The molecule has 2 unspecified atom stereocenters. The van der Waals surface area contributed by atoms with E-state index in [2.05, 4.69) is 29.6 Å². The van der Waals surface area contributed by atoms with Crippen LogP contribution in [0.5, 0.6) is 0 Å². The molecule has 1 N–H and O–H groups in total. The van der Waals surface area contributed by atoms with E-state index in [9.17, 15) is 4.79 Å². The molecule has 0 saturated carbocycles. The monoisotopic (exact) mass is 388 g/mol. The Balaban J connectivity index is 1.67. The van der Waals surface area contributed by atoms with Gasteiger partial charge in [-0.3, -0.25) is 4.79 Å². The van der Waals surface area contributed by atoms with E-state index in [1.807, 2.05) is 42.3 Å². The summed E-state index contributed by atoms with van der Waals surface area (Å²) in [5, 5.41) is 4.08. The molecule has 1 aliphatic heterocycles. The van der Waals surface area contributed by atoms with Crippen molar-refractivity contribution in [2.75, 3.05) is 32.4 Å². The first-order chi connectivity index (χ1) is 12.7. The largest absolute Gasteiger partial charge is 0.342 e. The predicted molar refractivity (Wildman–Crippen MR) is 111 cm³/mol. The molecule has 138 valence electrons. The summed E-state index contributed by atoms with van der Waals surface area (Å²) in [6, 6.07) is 18.3. The summed E-state index contributed by atoms with van der Waals surface area (Å²) in [7, 11) is 1.97. The van der Waals surface area contributed by atoms with E-state index in [1.54, 1.807) is 11.8 Å². The maximum Gasteiger partial charge on any atom is 0.232 e. The van der Waals surface area contributed by atoms with E-state index in [0.29, 0.717) is 11.7 Å². The second-order valence-corrected chi connectivity index (χ2v) is 8.24. The third-order valence-corrected chi connectivity index (χ3v) is 6.32. The number of carbonyl (C=O) groups is 1. The number of likely N-dealkylation sites (tertiary alicyclic amines) is 1. The predicted octanol–water partition coefficient (Wildman–Crippen LogP) is 4.23. The minimum Gasteiger partial charge on any atom is -0.342 e. The van der Waals surface area contributed by atoms with Gasteiger partial charge in [0, 0.05) is 18.1 Å². The van der Waals surface area contributed by atoms with Gasteiger partial charge in [-0.25, -0.2) is 0 Å². The van der Waals surface area contributed by atoms with Gasteiger partial charge in [-0.15, -0.1) is 11.8 Å². The van der Waals surface area contributed by atoms with Crippen LogP contribution in [0, 0.1) is 5.92 Å². The Labute approximate surface area is 165 Å². The standard InChI is InChI=1S/C21H25ClN2OS/c1-23-13-16-11-12-24(14-16)20(25)15-26-21(17-5-3-2-4-6-17)18-7-9-19(22)10-8-18/h2-10,16,21,23H,11-15H2,1H3. The molecule has 1 saturated heterocycles. The van der Waals surface area contributed by atoms with Crippen LogP contribution in [0.2, 0.25) is 5.02 Å². The van der Waals surface area contributed by atoms with Gasteiger partial charge in [0.1, 0.15) is 0 Å². The van der Waals surface area contributed by atoms with Crippen LogP contribution in [-0.2, 0) is 4.79 Å². The van der Waals surface area contributed by atoms with Crippen molar-refractivity contribution in [3.63, 3.8) is 0 Å². The zero-order chi connectivity index (χ0) is 18.4. The van der Waals surface area contributed by atoms with Crippen LogP contribution in [0.15, 0.2) is 54.6 Å². The first-order valence-electron chi connectivity index (χ1n) is 9.01. The highest BCUT2D eigenvalue weighted by Crippen LogP contribution is 2.36. The lowest BCUT2D eigenvalue weighted by Gasteiger charge is -2.21. The van der Waals surface area contributed by atoms with E-state index >= 15 is 0 Å². The van der Waals surface area contributed by atoms with Gasteiger partial charge >= 0.3 is 0 Å². The third-order valence-electron chi connectivity index (χ3n) is 4.78. The lowest BCUT2D eigenvalue weighted by Crippen LogP contribution is -2.31. The van der Waals surface area contributed by atoms with Crippen molar-refractivity contribution in [1.29, 1.82) is 0 Å². The smallest absolute Gasteiger partial charge is 0.232 e. The molecule has 2 aromatic carbocycles. The number of amides is 1. The average Bonchev–Trinajstić information content (AvgIpc) is 3.13. The maximum absolute atomic E-state index is 12.7. The summed E-state index contributed by atoms with van der Waals surface area (Å²) >= 11 is 7.74. The first-order valence-corrected chi connectivity index (χ1v) is 10.4.